The molecule has 25 heavy (non-hydrogen) atoms. The third-order valence-electron chi connectivity index (χ3n) is 5.46. The second-order valence-corrected chi connectivity index (χ2v) is 7.33. The van der Waals surface area contributed by atoms with Gasteiger partial charge in [0.15, 0.2) is 0 Å². The summed E-state index contributed by atoms with van der Waals surface area (Å²) in [7, 11) is 0. The van der Waals surface area contributed by atoms with Crippen molar-refractivity contribution in [2.24, 2.45) is 5.92 Å². The summed E-state index contributed by atoms with van der Waals surface area (Å²) in [6, 6.07) is 10.5. The van der Waals surface area contributed by atoms with Crippen LogP contribution in [0.15, 0.2) is 34.7 Å². The number of nitrogens with zero attached hydrogens (tertiary/aromatic N) is 2. The molecule has 0 bridgehead atoms. The Bertz CT molecular complexity index is 707. The molecule has 1 heterocycles. The first kappa shape index (κ1) is 16.3. The molecule has 0 saturated heterocycles. The van der Waals surface area contributed by atoms with E-state index in [-0.39, 0.29) is 5.91 Å². The molecular weight excluding hydrogens is 314 g/mol. The van der Waals surface area contributed by atoms with E-state index in [0.717, 1.165) is 25.3 Å². The quantitative estimate of drug-likeness (QED) is 0.837. The maximum Gasteiger partial charge on any atom is 0.220 e. The van der Waals surface area contributed by atoms with Crippen LogP contribution in [0.2, 0.25) is 0 Å². The molecule has 5 nitrogen and oxygen atoms in total. The van der Waals surface area contributed by atoms with Crippen LogP contribution in [0.25, 0.3) is 0 Å². The topological polar surface area (TPSA) is 68.0 Å². The van der Waals surface area contributed by atoms with Gasteiger partial charge in [0, 0.05) is 25.3 Å². The molecule has 1 aromatic carbocycles. The van der Waals surface area contributed by atoms with Crippen LogP contribution in [0.5, 0.6) is 0 Å². The molecule has 5 heteroatoms. The van der Waals surface area contributed by atoms with E-state index in [9.17, 15) is 4.79 Å². The Morgan fingerprint density at radius 1 is 1.16 bits per heavy atom. The van der Waals surface area contributed by atoms with Crippen LogP contribution >= 0.6 is 0 Å². The van der Waals surface area contributed by atoms with Crippen LogP contribution in [0.3, 0.4) is 0 Å². The fourth-order valence-electron chi connectivity index (χ4n) is 3.84. The third kappa shape index (κ3) is 4.09. The van der Waals surface area contributed by atoms with E-state index < -0.39 is 0 Å². The van der Waals surface area contributed by atoms with E-state index in [4.69, 9.17) is 4.42 Å². The van der Waals surface area contributed by atoms with Crippen molar-refractivity contribution in [2.45, 2.75) is 56.8 Å². The molecule has 2 atom stereocenters. The number of aromatic nitrogens is 2. The van der Waals surface area contributed by atoms with Crippen molar-refractivity contribution >= 4 is 5.91 Å². The highest BCUT2D eigenvalue weighted by Gasteiger charge is 2.37. The Labute approximate surface area is 148 Å². The van der Waals surface area contributed by atoms with E-state index in [2.05, 4.69) is 39.8 Å². The van der Waals surface area contributed by atoms with E-state index >= 15 is 0 Å². The van der Waals surface area contributed by atoms with Crippen LogP contribution in [0.4, 0.5) is 0 Å². The molecule has 2 unspecified atom stereocenters. The maximum atomic E-state index is 12.1. The number of benzene rings is 1. The SMILES string of the molecule is O=C(CCc1nnc(C2CCCC2)o1)NCC1CC1c1ccccc1. The van der Waals surface area contributed by atoms with Gasteiger partial charge in [-0.15, -0.1) is 10.2 Å². The van der Waals surface area contributed by atoms with Crippen molar-refractivity contribution in [2.75, 3.05) is 6.54 Å². The molecule has 1 amide bonds. The number of aryl methyl sites for hydroxylation is 1. The van der Waals surface area contributed by atoms with Crippen molar-refractivity contribution in [3.05, 3.63) is 47.7 Å². The van der Waals surface area contributed by atoms with Crippen LogP contribution in [-0.2, 0) is 11.2 Å². The van der Waals surface area contributed by atoms with Gasteiger partial charge in [-0.1, -0.05) is 43.2 Å². The van der Waals surface area contributed by atoms with Crippen molar-refractivity contribution in [1.82, 2.24) is 15.5 Å². The van der Waals surface area contributed by atoms with Crippen LogP contribution in [0.1, 0.15) is 67.7 Å². The molecule has 1 N–H and O–H groups in total. The van der Waals surface area contributed by atoms with Crippen molar-refractivity contribution < 1.29 is 9.21 Å². The summed E-state index contributed by atoms with van der Waals surface area (Å²) in [6.07, 6.45) is 6.89. The smallest absolute Gasteiger partial charge is 0.220 e. The van der Waals surface area contributed by atoms with Gasteiger partial charge >= 0.3 is 0 Å². The predicted molar refractivity (Wildman–Crippen MR) is 94.1 cm³/mol. The minimum atomic E-state index is 0.0688. The van der Waals surface area contributed by atoms with E-state index in [0.29, 0.717) is 36.5 Å². The summed E-state index contributed by atoms with van der Waals surface area (Å²) in [4.78, 5) is 12.1. The Hall–Kier alpha value is -2.17. The summed E-state index contributed by atoms with van der Waals surface area (Å²) < 4.78 is 5.73. The molecule has 0 spiro atoms. The average molecular weight is 339 g/mol. The number of hydrogen-bond donors (Lipinski definition) is 1. The minimum absolute atomic E-state index is 0.0688. The highest BCUT2D eigenvalue weighted by Crippen LogP contribution is 2.46. The lowest BCUT2D eigenvalue weighted by atomic mass is 10.1. The monoisotopic (exact) mass is 339 g/mol. The van der Waals surface area contributed by atoms with Crippen molar-refractivity contribution in [1.29, 1.82) is 0 Å². The summed E-state index contributed by atoms with van der Waals surface area (Å²) >= 11 is 0. The molecular formula is C20H25N3O2. The van der Waals surface area contributed by atoms with Gasteiger partial charge in [0.2, 0.25) is 17.7 Å². The minimum Gasteiger partial charge on any atom is -0.425 e. The van der Waals surface area contributed by atoms with Crippen LogP contribution in [0, 0.1) is 5.92 Å². The molecule has 2 fully saturated rings. The largest absolute Gasteiger partial charge is 0.425 e. The molecule has 0 aliphatic heterocycles. The lowest BCUT2D eigenvalue weighted by molar-refractivity contribution is -0.121. The van der Waals surface area contributed by atoms with E-state index in [1.165, 1.54) is 24.8 Å². The third-order valence-corrected chi connectivity index (χ3v) is 5.46. The number of rotatable bonds is 7. The number of nitrogens with one attached hydrogen (secondary N) is 1. The summed E-state index contributed by atoms with van der Waals surface area (Å²) in [5.41, 5.74) is 1.38. The van der Waals surface area contributed by atoms with Gasteiger partial charge in [-0.05, 0) is 36.7 Å². The van der Waals surface area contributed by atoms with Gasteiger partial charge in [-0.2, -0.15) is 0 Å². The van der Waals surface area contributed by atoms with Gasteiger partial charge < -0.3 is 9.73 Å². The number of carbonyl (C=O) groups excluding carboxylic acids is 1. The highest BCUT2D eigenvalue weighted by molar-refractivity contribution is 5.76. The fraction of sp³-hybridized carbons (Fsp3) is 0.550. The maximum absolute atomic E-state index is 12.1. The molecule has 2 aliphatic rings. The second kappa shape index (κ2) is 7.38. The summed E-state index contributed by atoms with van der Waals surface area (Å²) in [5.74, 6) is 3.02. The van der Waals surface area contributed by atoms with Gasteiger partial charge in [-0.3, -0.25) is 4.79 Å². The zero-order valence-electron chi connectivity index (χ0n) is 14.5. The lowest BCUT2D eigenvalue weighted by Crippen LogP contribution is -2.26. The molecule has 132 valence electrons. The van der Waals surface area contributed by atoms with Crippen molar-refractivity contribution in [3.63, 3.8) is 0 Å². The normalized spacial score (nSPS) is 22.9. The Morgan fingerprint density at radius 2 is 1.96 bits per heavy atom. The lowest BCUT2D eigenvalue weighted by Gasteiger charge is -2.04. The zero-order chi connectivity index (χ0) is 17.1. The van der Waals surface area contributed by atoms with E-state index in [1.807, 2.05) is 6.07 Å². The standard InChI is InChI=1S/C20H25N3O2/c24-18(21-13-16-12-17(16)14-6-2-1-3-7-14)10-11-19-22-23-20(25-19)15-8-4-5-9-15/h1-3,6-7,15-17H,4-5,8-13H2,(H,21,24). The van der Waals surface area contributed by atoms with Crippen LogP contribution in [-0.4, -0.2) is 22.6 Å². The molecule has 2 saturated carbocycles. The van der Waals surface area contributed by atoms with Gasteiger partial charge in [-0.25, -0.2) is 0 Å². The Balaban J connectivity index is 1.17. The molecule has 2 aliphatic carbocycles. The fourth-order valence-corrected chi connectivity index (χ4v) is 3.84. The van der Waals surface area contributed by atoms with Gasteiger partial charge in [0.05, 0.1) is 0 Å². The molecule has 0 radical (unpaired) electrons. The summed E-state index contributed by atoms with van der Waals surface area (Å²) in [6.45, 7) is 0.759. The zero-order valence-corrected chi connectivity index (χ0v) is 14.5. The highest BCUT2D eigenvalue weighted by atomic mass is 16.4. The summed E-state index contributed by atoms with van der Waals surface area (Å²) in [5, 5.41) is 11.3. The van der Waals surface area contributed by atoms with Crippen molar-refractivity contribution in [3.8, 4) is 0 Å². The second-order valence-electron chi connectivity index (χ2n) is 7.33. The Kier molecular flexibility index (Phi) is 4.81. The molecule has 4 rings (SSSR count). The average Bonchev–Trinajstić information content (AvgIpc) is 3.02. The number of carbonyl (C=O) groups is 1. The van der Waals surface area contributed by atoms with E-state index in [1.54, 1.807) is 0 Å². The Morgan fingerprint density at radius 3 is 2.76 bits per heavy atom. The number of amides is 1. The van der Waals surface area contributed by atoms with Crippen LogP contribution < -0.4 is 5.32 Å². The first-order chi connectivity index (χ1) is 12.3. The predicted octanol–water partition coefficient (Wildman–Crippen LogP) is 3.58. The number of hydrogen-bond acceptors (Lipinski definition) is 4. The van der Waals surface area contributed by atoms with Gasteiger partial charge in [0.25, 0.3) is 0 Å². The first-order valence-electron chi connectivity index (χ1n) is 9.43. The van der Waals surface area contributed by atoms with Gasteiger partial charge in [0.1, 0.15) is 0 Å². The first-order valence-corrected chi connectivity index (χ1v) is 9.43. The molecule has 1 aromatic heterocycles. The molecule has 2 aromatic rings.